The molecule has 1 aromatic rings. The predicted octanol–water partition coefficient (Wildman–Crippen LogP) is 3.47. The zero-order chi connectivity index (χ0) is 12.7. The number of benzene rings is 1. The third-order valence-electron chi connectivity index (χ3n) is 2.84. The van der Waals surface area contributed by atoms with Crippen LogP contribution in [0.4, 0.5) is 0 Å². The average Bonchev–Trinajstić information content (AvgIpc) is 2.34. The molecule has 0 aliphatic rings. The highest BCUT2D eigenvalue weighted by Gasteiger charge is 2.18. The molecular formula is C15H17NO. The summed E-state index contributed by atoms with van der Waals surface area (Å²) in [6.45, 7) is 3.64. The topological polar surface area (TPSA) is 40.9 Å². The smallest absolute Gasteiger partial charge is 0.130 e. The largest absolute Gasteiger partial charge is 0.300 e. The van der Waals surface area contributed by atoms with Gasteiger partial charge in [0.15, 0.2) is 0 Å². The third kappa shape index (κ3) is 4.24. The van der Waals surface area contributed by atoms with E-state index in [2.05, 4.69) is 0 Å². The van der Waals surface area contributed by atoms with Gasteiger partial charge in [-0.2, -0.15) is 5.26 Å². The fourth-order valence-electron chi connectivity index (χ4n) is 1.95. The average molecular weight is 227 g/mol. The lowest BCUT2D eigenvalue weighted by Gasteiger charge is -2.20. The van der Waals surface area contributed by atoms with Crippen LogP contribution in [0.1, 0.15) is 31.7 Å². The van der Waals surface area contributed by atoms with E-state index in [0.29, 0.717) is 6.42 Å². The quantitative estimate of drug-likeness (QED) is 0.723. The molecular weight excluding hydrogens is 210 g/mol. The molecule has 2 nitrogen and oxygen atoms in total. The Kier molecular flexibility index (Phi) is 5.16. The Labute approximate surface area is 103 Å². The molecule has 2 atom stereocenters. The number of nitrogens with zero attached hydrogens (tertiary/aromatic N) is 1. The molecule has 0 amide bonds. The van der Waals surface area contributed by atoms with Gasteiger partial charge in [0.1, 0.15) is 5.78 Å². The minimum atomic E-state index is 0.151. The van der Waals surface area contributed by atoms with Crippen LogP contribution >= 0.6 is 0 Å². The molecule has 1 rings (SSSR count). The van der Waals surface area contributed by atoms with Crippen molar-refractivity contribution in [2.24, 2.45) is 5.92 Å². The van der Waals surface area contributed by atoms with Crippen molar-refractivity contribution in [3.63, 3.8) is 0 Å². The Hall–Kier alpha value is -1.88. The van der Waals surface area contributed by atoms with Gasteiger partial charge in [-0.3, -0.25) is 0 Å². The molecule has 2 heteroatoms. The van der Waals surface area contributed by atoms with Crippen molar-refractivity contribution in [2.45, 2.75) is 26.2 Å². The highest BCUT2D eigenvalue weighted by Crippen LogP contribution is 2.29. The Balaban J connectivity index is 2.92. The van der Waals surface area contributed by atoms with Crippen LogP contribution in [0.25, 0.3) is 0 Å². The number of hydrogen-bond acceptors (Lipinski definition) is 2. The number of allylic oxidation sites excluding steroid dienone is 2. The van der Waals surface area contributed by atoms with Crippen LogP contribution in [0.2, 0.25) is 0 Å². The first-order valence-electron chi connectivity index (χ1n) is 5.75. The molecule has 0 unspecified atom stereocenters. The molecule has 0 radical (unpaired) electrons. The van der Waals surface area contributed by atoms with Crippen molar-refractivity contribution in [2.75, 3.05) is 0 Å². The summed E-state index contributed by atoms with van der Waals surface area (Å²) in [6, 6.07) is 12.0. The molecule has 0 bridgehead atoms. The maximum absolute atomic E-state index is 11.3. The van der Waals surface area contributed by atoms with Gasteiger partial charge in [-0.15, -0.1) is 0 Å². The summed E-state index contributed by atoms with van der Waals surface area (Å²) in [7, 11) is 0. The number of ketones is 1. The first-order valence-corrected chi connectivity index (χ1v) is 5.75. The van der Waals surface area contributed by atoms with Gasteiger partial charge in [0, 0.05) is 12.5 Å². The van der Waals surface area contributed by atoms with E-state index in [1.54, 1.807) is 6.92 Å². The minimum Gasteiger partial charge on any atom is -0.300 e. The maximum atomic E-state index is 11.3. The normalized spacial score (nSPS) is 14.2. The molecule has 0 spiro atoms. The van der Waals surface area contributed by atoms with Gasteiger partial charge in [-0.1, -0.05) is 43.3 Å². The zero-order valence-electron chi connectivity index (χ0n) is 10.3. The van der Waals surface area contributed by atoms with Crippen LogP contribution in [0.3, 0.4) is 0 Å². The lowest BCUT2D eigenvalue weighted by molar-refractivity contribution is -0.117. The summed E-state index contributed by atoms with van der Waals surface area (Å²) in [5.74, 6) is 0.510. The van der Waals surface area contributed by atoms with Crippen molar-refractivity contribution in [3.8, 4) is 6.07 Å². The van der Waals surface area contributed by atoms with Crippen LogP contribution in [-0.4, -0.2) is 5.78 Å². The predicted molar refractivity (Wildman–Crippen MR) is 68.4 cm³/mol. The highest BCUT2D eigenvalue weighted by molar-refractivity contribution is 5.76. The summed E-state index contributed by atoms with van der Waals surface area (Å²) < 4.78 is 0. The van der Waals surface area contributed by atoms with E-state index in [4.69, 9.17) is 5.26 Å². The van der Waals surface area contributed by atoms with Crippen molar-refractivity contribution in [1.29, 1.82) is 5.26 Å². The van der Waals surface area contributed by atoms with Gasteiger partial charge in [-0.25, -0.2) is 0 Å². The van der Waals surface area contributed by atoms with Gasteiger partial charge in [0.2, 0.25) is 0 Å². The molecule has 0 saturated carbocycles. The van der Waals surface area contributed by atoms with E-state index in [1.807, 2.05) is 49.4 Å². The Morgan fingerprint density at radius 2 is 2.06 bits per heavy atom. The van der Waals surface area contributed by atoms with E-state index < -0.39 is 0 Å². The number of rotatable bonds is 5. The first kappa shape index (κ1) is 13.2. The molecule has 17 heavy (non-hydrogen) atoms. The lowest BCUT2D eigenvalue weighted by Crippen LogP contribution is -2.11. The molecule has 0 N–H and O–H groups in total. The Morgan fingerprint density at radius 1 is 1.41 bits per heavy atom. The van der Waals surface area contributed by atoms with Crippen molar-refractivity contribution in [1.82, 2.24) is 0 Å². The number of carbonyl (C=O) groups is 1. The van der Waals surface area contributed by atoms with E-state index in [9.17, 15) is 4.79 Å². The summed E-state index contributed by atoms with van der Waals surface area (Å²) in [5.41, 5.74) is 1.15. The first-order chi connectivity index (χ1) is 8.15. The lowest BCUT2D eigenvalue weighted by atomic mass is 9.83. The van der Waals surface area contributed by atoms with Crippen molar-refractivity contribution in [3.05, 3.63) is 48.0 Å². The van der Waals surface area contributed by atoms with Crippen LogP contribution in [-0.2, 0) is 4.79 Å². The van der Waals surface area contributed by atoms with Gasteiger partial charge >= 0.3 is 0 Å². The number of carbonyl (C=O) groups excluding carboxylic acids is 1. The summed E-state index contributed by atoms with van der Waals surface area (Å²) in [4.78, 5) is 11.3. The van der Waals surface area contributed by atoms with E-state index in [0.717, 1.165) is 5.56 Å². The van der Waals surface area contributed by atoms with Crippen LogP contribution in [0.5, 0.6) is 0 Å². The van der Waals surface area contributed by atoms with Crippen LogP contribution < -0.4 is 0 Å². The van der Waals surface area contributed by atoms with E-state index in [1.165, 1.54) is 6.08 Å². The minimum absolute atomic E-state index is 0.151. The number of nitriles is 1. The summed E-state index contributed by atoms with van der Waals surface area (Å²) in [5, 5.41) is 8.55. The number of hydrogen-bond donors (Lipinski definition) is 0. The monoisotopic (exact) mass is 227 g/mol. The van der Waals surface area contributed by atoms with Crippen LogP contribution in [0.15, 0.2) is 42.5 Å². The second kappa shape index (κ2) is 6.65. The second-order valence-electron chi connectivity index (χ2n) is 4.27. The molecule has 88 valence electrons. The molecule has 1 aromatic carbocycles. The summed E-state index contributed by atoms with van der Waals surface area (Å²) in [6.07, 6.45) is 3.86. The molecule has 0 aliphatic heterocycles. The van der Waals surface area contributed by atoms with E-state index in [-0.39, 0.29) is 17.6 Å². The maximum Gasteiger partial charge on any atom is 0.130 e. The molecule has 0 aliphatic carbocycles. The third-order valence-corrected chi connectivity index (χ3v) is 2.84. The Morgan fingerprint density at radius 3 is 2.59 bits per heavy atom. The fourth-order valence-corrected chi connectivity index (χ4v) is 1.95. The molecule has 0 heterocycles. The molecule has 0 saturated heterocycles. The molecule has 0 aromatic heterocycles. The van der Waals surface area contributed by atoms with Crippen LogP contribution in [0, 0.1) is 17.2 Å². The van der Waals surface area contributed by atoms with Gasteiger partial charge < -0.3 is 4.79 Å². The highest BCUT2D eigenvalue weighted by atomic mass is 16.1. The van der Waals surface area contributed by atoms with Gasteiger partial charge in [-0.05, 0) is 24.3 Å². The van der Waals surface area contributed by atoms with Crippen molar-refractivity contribution < 1.29 is 4.79 Å². The van der Waals surface area contributed by atoms with Gasteiger partial charge in [0.05, 0.1) is 6.07 Å². The number of Topliss-reactive ketones (excluding diaryl/α,β-unsaturated/α-hetero) is 1. The van der Waals surface area contributed by atoms with E-state index >= 15 is 0 Å². The molecule has 0 fully saturated rings. The fraction of sp³-hybridized carbons (Fsp3) is 0.333. The second-order valence-corrected chi connectivity index (χ2v) is 4.27. The SMILES string of the molecule is CC(=O)C[C@H](c1ccccc1)[C@@H](C)/C=C/C#N. The van der Waals surface area contributed by atoms with Gasteiger partial charge in [0.25, 0.3) is 0 Å². The summed E-state index contributed by atoms with van der Waals surface area (Å²) >= 11 is 0. The Bertz CT molecular complexity index is 428. The zero-order valence-corrected chi connectivity index (χ0v) is 10.3. The van der Waals surface area contributed by atoms with Crippen molar-refractivity contribution >= 4 is 5.78 Å². The standard InChI is InChI=1S/C15H17NO/c1-12(7-6-10-16)15(11-13(2)17)14-8-4-3-5-9-14/h3-9,12,15H,11H2,1-2H3/b7-6+/t12-,15-/m0/s1.